The molecule has 0 unspecified atom stereocenters. The summed E-state index contributed by atoms with van der Waals surface area (Å²) in [5.41, 5.74) is 9.96. The van der Waals surface area contributed by atoms with Crippen molar-refractivity contribution in [3.63, 3.8) is 0 Å². The third-order valence-electron chi connectivity index (χ3n) is 4.19. The van der Waals surface area contributed by atoms with Crippen LogP contribution in [0.5, 0.6) is 5.75 Å². The number of aromatic nitrogens is 4. The molecule has 130 valence electrons. The Kier molecular flexibility index (Phi) is 3.76. The minimum absolute atomic E-state index is 0.261. The van der Waals surface area contributed by atoms with Gasteiger partial charge < -0.3 is 10.5 Å². The first-order valence-corrected chi connectivity index (χ1v) is 7.98. The number of aryl methyl sites for hydroxylation is 1. The zero-order chi connectivity index (χ0) is 18.3. The average molecular weight is 349 g/mol. The van der Waals surface area contributed by atoms with E-state index in [1.54, 1.807) is 55.2 Å². The molecule has 0 aliphatic heterocycles. The predicted octanol–water partition coefficient (Wildman–Crippen LogP) is 3.50. The van der Waals surface area contributed by atoms with Gasteiger partial charge >= 0.3 is 0 Å². The largest absolute Gasteiger partial charge is 0.493 e. The lowest BCUT2D eigenvalue weighted by molar-refractivity contribution is 0.415. The molecule has 7 heteroatoms. The van der Waals surface area contributed by atoms with Crippen molar-refractivity contribution in [3.05, 3.63) is 60.2 Å². The number of imidazole rings is 1. The van der Waals surface area contributed by atoms with E-state index >= 15 is 0 Å². The number of ether oxygens (including phenoxy) is 1. The molecule has 26 heavy (non-hydrogen) atoms. The zero-order valence-electron chi connectivity index (χ0n) is 14.3. The summed E-state index contributed by atoms with van der Waals surface area (Å²) in [4.78, 5) is 8.77. The Morgan fingerprint density at radius 2 is 1.92 bits per heavy atom. The van der Waals surface area contributed by atoms with Gasteiger partial charge in [-0.2, -0.15) is 5.10 Å². The van der Waals surface area contributed by atoms with Crippen molar-refractivity contribution in [2.45, 2.75) is 6.92 Å². The van der Waals surface area contributed by atoms with E-state index in [0.29, 0.717) is 28.5 Å². The first kappa shape index (κ1) is 16.0. The molecule has 4 aromatic rings. The fourth-order valence-corrected chi connectivity index (χ4v) is 2.93. The van der Waals surface area contributed by atoms with E-state index in [1.165, 1.54) is 6.07 Å². The van der Waals surface area contributed by atoms with Crippen LogP contribution in [0.1, 0.15) is 5.56 Å². The zero-order valence-corrected chi connectivity index (χ0v) is 14.3. The maximum Gasteiger partial charge on any atom is 0.197 e. The fraction of sp³-hybridized carbons (Fsp3) is 0.105. The lowest BCUT2D eigenvalue weighted by Crippen LogP contribution is -1.98. The van der Waals surface area contributed by atoms with Gasteiger partial charge in [0.15, 0.2) is 11.4 Å². The van der Waals surface area contributed by atoms with Gasteiger partial charge in [0, 0.05) is 23.4 Å². The minimum atomic E-state index is -0.261. The molecular formula is C19H16FN5O. The average Bonchev–Trinajstić information content (AvgIpc) is 3.03. The van der Waals surface area contributed by atoms with Gasteiger partial charge in [-0.1, -0.05) is 0 Å². The summed E-state index contributed by atoms with van der Waals surface area (Å²) in [6, 6.07) is 10.2. The summed E-state index contributed by atoms with van der Waals surface area (Å²) in [6.07, 6.45) is 3.27. The van der Waals surface area contributed by atoms with Crippen molar-refractivity contribution >= 4 is 11.5 Å². The maximum absolute atomic E-state index is 13.7. The number of anilines is 1. The van der Waals surface area contributed by atoms with E-state index in [1.807, 2.05) is 6.07 Å². The van der Waals surface area contributed by atoms with Gasteiger partial charge in [0.05, 0.1) is 19.0 Å². The smallest absolute Gasteiger partial charge is 0.197 e. The van der Waals surface area contributed by atoms with Crippen LogP contribution in [0.25, 0.3) is 28.2 Å². The topological polar surface area (TPSA) is 78.3 Å². The summed E-state index contributed by atoms with van der Waals surface area (Å²) in [6.45, 7) is 1.72. The number of hydrogen-bond acceptors (Lipinski definition) is 5. The van der Waals surface area contributed by atoms with Gasteiger partial charge in [-0.25, -0.2) is 18.9 Å². The summed E-state index contributed by atoms with van der Waals surface area (Å²) >= 11 is 0. The highest BCUT2D eigenvalue weighted by atomic mass is 19.1. The Hall–Kier alpha value is -3.48. The van der Waals surface area contributed by atoms with Crippen molar-refractivity contribution in [2.24, 2.45) is 0 Å². The van der Waals surface area contributed by atoms with Crippen molar-refractivity contribution in [3.8, 4) is 28.3 Å². The van der Waals surface area contributed by atoms with Crippen LogP contribution in [0.2, 0.25) is 0 Å². The Morgan fingerprint density at radius 1 is 1.08 bits per heavy atom. The minimum Gasteiger partial charge on any atom is -0.493 e. The Bertz CT molecular complexity index is 1120. The molecule has 0 amide bonds. The predicted molar refractivity (Wildman–Crippen MR) is 97.3 cm³/mol. The maximum atomic E-state index is 13.7. The second-order valence-electron chi connectivity index (χ2n) is 5.88. The number of benzene rings is 1. The van der Waals surface area contributed by atoms with E-state index in [0.717, 1.165) is 16.8 Å². The Balaban J connectivity index is 2.08. The molecule has 0 aliphatic carbocycles. The van der Waals surface area contributed by atoms with E-state index in [-0.39, 0.29) is 5.82 Å². The monoisotopic (exact) mass is 349 g/mol. The van der Waals surface area contributed by atoms with Crippen LogP contribution in [0.3, 0.4) is 0 Å². The van der Waals surface area contributed by atoms with Crippen LogP contribution < -0.4 is 10.5 Å². The first-order valence-electron chi connectivity index (χ1n) is 7.98. The molecule has 0 saturated heterocycles. The van der Waals surface area contributed by atoms with Crippen LogP contribution in [-0.4, -0.2) is 26.7 Å². The van der Waals surface area contributed by atoms with Crippen molar-refractivity contribution in [1.29, 1.82) is 0 Å². The highest BCUT2D eigenvalue weighted by molar-refractivity contribution is 5.83. The van der Waals surface area contributed by atoms with Gasteiger partial charge in [0.1, 0.15) is 17.3 Å². The molecule has 3 heterocycles. The normalized spacial score (nSPS) is 11.0. The molecule has 0 radical (unpaired) electrons. The standard InChI is InChI=1S/C19H16FN5O/c1-11-9-12(3-4-14(11)20)17-18(13-5-7-22-16(21)10-13)25-19(24-17)15(26-2)6-8-23-25/h3-10H,1-2H3,(H2,21,22). The molecule has 0 aliphatic rings. The van der Waals surface area contributed by atoms with Crippen LogP contribution in [-0.2, 0) is 0 Å². The van der Waals surface area contributed by atoms with Gasteiger partial charge in [-0.15, -0.1) is 0 Å². The van der Waals surface area contributed by atoms with E-state index in [9.17, 15) is 4.39 Å². The Morgan fingerprint density at radius 3 is 2.65 bits per heavy atom. The number of nitrogen functional groups attached to an aromatic ring is 1. The van der Waals surface area contributed by atoms with Crippen molar-refractivity contribution in [1.82, 2.24) is 19.6 Å². The molecule has 2 N–H and O–H groups in total. The van der Waals surface area contributed by atoms with Crippen LogP contribution in [0, 0.1) is 12.7 Å². The molecule has 0 spiro atoms. The number of nitrogens with zero attached hydrogens (tertiary/aromatic N) is 4. The SMILES string of the molecule is COc1ccnn2c(-c3ccnc(N)c3)c(-c3ccc(F)c(C)c3)nc12. The highest BCUT2D eigenvalue weighted by Crippen LogP contribution is 2.35. The number of rotatable bonds is 3. The highest BCUT2D eigenvalue weighted by Gasteiger charge is 2.20. The van der Waals surface area contributed by atoms with Gasteiger partial charge in [-0.05, 0) is 42.8 Å². The third-order valence-corrected chi connectivity index (χ3v) is 4.19. The molecule has 6 nitrogen and oxygen atoms in total. The molecule has 0 fully saturated rings. The molecule has 1 aromatic carbocycles. The fourth-order valence-electron chi connectivity index (χ4n) is 2.93. The van der Waals surface area contributed by atoms with Gasteiger partial charge in [-0.3, -0.25) is 0 Å². The third kappa shape index (κ3) is 2.54. The molecule has 0 bridgehead atoms. The van der Waals surface area contributed by atoms with Crippen LogP contribution in [0.4, 0.5) is 10.2 Å². The van der Waals surface area contributed by atoms with Gasteiger partial charge in [0.25, 0.3) is 0 Å². The first-order chi connectivity index (χ1) is 12.6. The molecule has 0 atom stereocenters. The lowest BCUT2D eigenvalue weighted by atomic mass is 10.0. The van der Waals surface area contributed by atoms with E-state index < -0.39 is 0 Å². The lowest BCUT2D eigenvalue weighted by Gasteiger charge is -2.07. The van der Waals surface area contributed by atoms with Crippen LogP contribution >= 0.6 is 0 Å². The molecular weight excluding hydrogens is 333 g/mol. The number of hydrogen-bond donors (Lipinski definition) is 1. The second-order valence-corrected chi connectivity index (χ2v) is 5.88. The van der Waals surface area contributed by atoms with E-state index in [2.05, 4.69) is 10.1 Å². The number of pyridine rings is 1. The van der Waals surface area contributed by atoms with Crippen molar-refractivity contribution in [2.75, 3.05) is 12.8 Å². The summed E-state index contributed by atoms with van der Waals surface area (Å²) < 4.78 is 20.8. The molecule has 3 aromatic heterocycles. The number of nitrogens with two attached hydrogens (primary N) is 1. The summed E-state index contributed by atoms with van der Waals surface area (Å²) in [5, 5.41) is 4.42. The Labute approximate surface area is 149 Å². The van der Waals surface area contributed by atoms with Crippen LogP contribution in [0.15, 0.2) is 48.8 Å². The summed E-state index contributed by atoms with van der Waals surface area (Å²) in [5.74, 6) is 0.720. The number of halogens is 1. The molecule has 4 rings (SSSR count). The van der Waals surface area contributed by atoms with E-state index in [4.69, 9.17) is 15.5 Å². The van der Waals surface area contributed by atoms with Crippen molar-refractivity contribution < 1.29 is 9.13 Å². The van der Waals surface area contributed by atoms with Gasteiger partial charge in [0.2, 0.25) is 0 Å². The second kappa shape index (κ2) is 6.11. The molecule has 0 saturated carbocycles. The number of fused-ring (bicyclic) bond motifs is 1. The number of methoxy groups -OCH3 is 1. The summed E-state index contributed by atoms with van der Waals surface area (Å²) in [7, 11) is 1.58. The quantitative estimate of drug-likeness (QED) is 0.612.